The summed E-state index contributed by atoms with van der Waals surface area (Å²) in [4.78, 5) is 13.0. The van der Waals surface area contributed by atoms with Crippen LogP contribution in [0, 0.1) is 0 Å². The molecule has 1 unspecified atom stereocenters. The van der Waals surface area contributed by atoms with Gasteiger partial charge in [0.25, 0.3) is 5.91 Å². The molecule has 100 valence electrons. The molecule has 0 saturated carbocycles. The molecule has 0 saturated heterocycles. The van der Waals surface area contributed by atoms with Crippen molar-refractivity contribution in [1.82, 2.24) is 5.32 Å². The van der Waals surface area contributed by atoms with Crippen molar-refractivity contribution in [3.05, 3.63) is 52.7 Å². The molecule has 1 aromatic carbocycles. The van der Waals surface area contributed by atoms with Crippen LogP contribution in [-0.4, -0.2) is 18.6 Å². The second-order valence-corrected chi connectivity index (χ2v) is 5.39. The van der Waals surface area contributed by atoms with E-state index in [9.17, 15) is 4.79 Å². The molecule has 0 bridgehead atoms. The monoisotopic (exact) mass is 275 g/mol. The van der Waals surface area contributed by atoms with E-state index < -0.39 is 0 Å². The van der Waals surface area contributed by atoms with Crippen LogP contribution in [0.4, 0.5) is 0 Å². The van der Waals surface area contributed by atoms with Crippen molar-refractivity contribution in [2.75, 3.05) is 6.61 Å². The van der Waals surface area contributed by atoms with Gasteiger partial charge in [-0.15, -0.1) is 11.3 Å². The van der Waals surface area contributed by atoms with Gasteiger partial charge in [-0.05, 0) is 30.5 Å². The van der Waals surface area contributed by atoms with E-state index >= 15 is 0 Å². The third-order valence-corrected chi connectivity index (χ3v) is 3.51. The molecule has 2 aromatic rings. The van der Waals surface area contributed by atoms with Gasteiger partial charge in [0.05, 0.1) is 0 Å². The Morgan fingerprint density at radius 1 is 1.26 bits per heavy atom. The third kappa shape index (κ3) is 4.75. The third-order valence-electron chi connectivity index (χ3n) is 2.61. The lowest BCUT2D eigenvalue weighted by Crippen LogP contribution is -2.37. The molecule has 19 heavy (non-hydrogen) atoms. The van der Waals surface area contributed by atoms with E-state index in [-0.39, 0.29) is 18.6 Å². The first kappa shape index (κ1) is 13.6. The van der Waals surface area contributed by atoms with Crippen LogP contribution in [0.2, 0.25) is 0 Å². The van der Waals surface area contributed by atoms with Gasteiger partial charge in [-0.3, -0.25) is 4.79 Å². The molecule has 2 rings (SSSR count). The summed E-state index contributed by atoms with van der Waals surface area (Å²) in [6.07, 6.45) is 0.856. The Hall–Kier alpha value is -1.81. The predicted octanol–water partition coefficient (Wildman–Crippen LogP) is 2.87. The molecule has 0 spiro atoms. The van der Waals surface area contributed by atoms with Gasteiger partial charge in [-0.1, -0.05) is 24.3 Å². The van der Waals surface area contributed by atoms with Crippen molar-refractivity contribution in [2.24, 2.45) is 0 Å². The first-order valence-electron chi connectivity index (χ1n) is 6.23. The van der Waals surface area contributed by atoms with Crippen molar-refractivity contribution in [3.8, 4) is 5.75 Å². The Bertz CT molecular complexity index is 496. The second kappa shape index (κ2) is 6.95. The highest BCUT2D eigenvalue weighted by atomic mass is 32.1. The zero-order valence-corrected chi connectivity index (χ0v) is 11.7. The maximum atomic E-state index is 11.7. The summed E-state index contributed by atoms with van der Waals surface area (Å²) >= 11 is 1.71. The number of ether oxygens (including phenoxy) is 1. The maximum absolute atomic E-state index is 11.7. The van der Waals surface area contributed by atoms with Crippen LogP contribution in [0.5, 0.6) is 5.75 Å². The van der Waals surface area contributed by atoms with Crippen LogP contribution < -0.4 is 10.1 Å². The van der Waals surface area contributed by atoms with Crippen molar-refractivity contribution in [1.29, 1.82) is 0 Å². The number of para-hydroxylation sites is 1. The lowest BCUT2D eigenvalue weighted by molar-refractivity contribution is -0.123. The van der Waals surface area contributed by atoms with E-state index in [1.54, 1.807) is 11.3 Å². The normalized spacial score (nSPS) is 11.8. The number of carbonyl (C=O) groups is 1. The highest BCUT2D eigenvalue weighted by molar-refractivity contribution is 7.09. The Balaban J connectivity index is 1.72. The Morgan fingerprint density at radius 3 is 2.74 bits per heavy atom. The SMILES string of the molecule is CC(Cc1cccs1)NC(=O)COc1ccccc1. The lowest BCUT2D eigenvalue weighted by Gasteiger charge is -2.13. The molecule has 1 aromatic heterocycles. The number of nitrogens with one attached hydrogen (secondary N) is 1. The number of benzene rings is 1. The zero-order valence-electron chi connectivity index (χ0n) is 10.8. The van der Waals surface area contributed by atoms with Gasteiger partial charge in [0.15, 0.2) is 6.61 Å². The summed E-state index contributed by atoms with van der Waals surface area (Å²) in [6.45, 7) is 2.05. The number of thiophene rings is 1. The number of carbonyl (C=O) groups excluding carboxylic acids is 1. The second-order valence-electron chi connectivity index (χ2n) is 4.35. The van der Waals surface area contributed by atoms with Gasteiger partial charge in [0, 0.05) is 17.3 Å². The minimum Gasteiger partial charge on any atom is -0.484 e. The quantitative estimate of drug-likeness (QED) is 0.880. The fraction of sp³-hybridized carbons (Fsp3) is 0.267. The van der Waals surface area contributed by atoms with Crippen LogP contribution >= 0.6 is 11.3 Å². The molecule has 1 N–H and O–H groups in total. The van der Waals surface area contributed by atoms with Gasteiger partial charge in [0.1, 0.15) is 5.75 Å². The molecule has 0 radical (unpaired) electrons. The van der Waals surface area contributed by atoms with Crippen molar-refractivity contribution in [3.63, 3.8) is 0 Å². The van der Waals surface area contributed by atoms with Gasteiger partial charge >= 0.3 is 0 Å². The Labute approximate surface area is 117 Å². The zero-order chi connectivity index (χ0) is 13.5. The average molecular weight is 275 g/mol. The Morgan fingerprint density at radius 2 is 2.05 bits per heavy atom. The van der Waals surface area contributed by atoms with Crippen LogP contribution in [0.15, 0.2) is 47.8 Å². The standard InChI is InChI=1S/C15H17NO2S/c1-12(10-14-8-5-9-19-14)16-15(17)11-18-13-6-3-2-4-7-13/h2-9,12H,10-11H2,1H3,(H,16,17). The molecule has 1 atom stereocenters. The van der Waals surface area contributed by atoms with Gasteiger partial charge in [-0.2, -0.15) is 0 Å². The van der Waals surface area contributed by atoms with Gasteiger partial charge in [0.2, 0.25) is 0 Å². The predicted molar refractivity (Wildman–Crippen MR) is 77.6 cm³/mol. The number of rotatable bonds is 6. The Kier molecular flexibility index (Phi) is 4.98. The topological polar surface area (TPSA) is 38.3 Å². The lowest BCUT2D eigenvalue weighted by atomic mass is 10.2. The van der Waals surface area contributed by atoms with Crippen molar-refractivity contribution >= 4 is 17.2 Å². The summed E-state index contributed by atoms with van der Waals surface area (Å²) < 4.78 is 5.39. The molecule has 1 heterocycles. The van der Waals surface area contributed by atoms with Crippen molar-refractivity contribution in [2.45, 2.75) is 19.4 Å². The average Bonchev–Trinajstić information content (AvgIpc) is 2.90. The largest absolute Gasteiger partial charge is 0.484 e. The van der Waals surface area contributed by atoms with Crippen LogP contribution in [0.3, 0.4) is 0 Å². The van der Waals surface area contributed by atoms with E-state index in [0.717, 1.165) is 6.42 Å². The maximum Gasteiger partial charge on any atom is 0.258 e. The summed E-state index contributed by atoms with van der Waals surface area (Å²) in [5.74, 6) is 0.622. The molecular formula is C15H17NO2S. The molecule has 0 aliphatic heterocycles. The number of hydrogen-bond acceptors (Lipinski definition) is 3. The van der Waals surface area contributed by atoms with E-state index in [4.69, 9.17) is 4.74 Å². The minimum absolute atomic E-state index is 0.0544. The van der Waals surface area contributed by atoms with Gasteiger partial charge in [-0.25, -0.2) is 0 Å². The highest BCUT2D eigenvalue weighted by Gasteiger charge is 2.09. The summed E-state index contributed by atoms with van der Waals surface area (Å²) in [5.41, 5.74) is 0. The van der Waals surface area contributed by atoms with Crippen molar-refractivity contribution < 1.29 is 9.53 Å². The molecule has 0 aliphatic rings. The first-order chi connectivity index (χ1) is 9.24. The minimum atomic E-state index is -0.0899. The van der Waals surface area contributed by atoms with E-state index in [1.165, 1.54) is 4.88 Å². The molecule has 1 amide bonds. The molecule has 0 fully saturated rings. The van der Waals surface area contributed by atoms with E-state index in [1.807, 2.05) is 48.7 Å². The smallest absolute Gasteiger partial charge is 0.258 e. The summed E-state index contributed by atoms with van der Waals surface area (Å²) in [5, 5.41) is 4.98. The summed E-state index contributed by atoms with van der Waals surface area (Å²) in [6, 6.07) is 13.6. The number of amides is 1. The summed E-state index contributed by atoms with van der Waals surface area (Å²) in [7, 11) is 0. The van der Waals surface area contributed by atoms with Crippen LogP contribution in [0.1, 0.15) is 11.8 Å². The molecule has 0 aliphatic carbocycles. The highest BCUT2D eigenvalue weighted by Crippen LogP contribution is 2.11. The first-order valence-corrected chi connectivity index (χ1v) is 7.11. The molecular weight excluding hydrogens is 258 g/mol. The molecule has 4 heteroatoms. The fourth-order valence-corrected chi connectivity index (χ4v) is 2.60. The number of hydrogen-bond donors (Lipinski definition) is 1. The molecule has 3 nitrogen and oxygen atoms in total. The van der Waals surface area contributed by atoms with E-state index in [0.29, 0.717) is 5.75 Å². The van der Waals surface area contributed by atoms with Gasteiger partial charge < -0.3 is 10.1 Å². The van der Waals surface area contributed by atoms with E-state index in [2.05, 4.69) is 11.4 Å². The van der Waals surface area contributed by atoms with Crippen LogP contribution in [0.25, 0.3) is 0 Å². The van der Waals surface area contributed by atoms with Crippen LogP contribution in [-0.2, 0) is 11.2 Å². The fourth-order valence-electron chi connectivity index (χ4n) is 1.76.